The Labute approximate surface area is 170 Å². The lowest BCUT2D eigenvalue weighted by Gasteiger charge is -2.23. The van der Waals surface area contributed by atoms with Crippen molar-refractivity contribution in [2.75, 3.05) is 10.7 Å². The van der Waals surface area contributed by atoms with E-state index < -0.39 is 12.0 Å². The van der Waals surface area contributed by atoms with Gasteiger partial charge in [-0.25, -0.2) is 0 Å². The Morgan fingerprint density at radius 3 is 2.45 bits per heavy atom. The molecule has 152 valence electrons. The highest BCUT2D eigenvalue weighted by atomic mass is 32.2. The van der Waals surface area contributed by atoms with E-state index in [4.69, 9.17) is 0 Å². The van der Waals surface area contributed by atoms with Crippen LogP contribution < -0.4 is 4.90 Å². The number of hydrogen-bond donors (Lipinski definition) is 0. The minimum absolute atomic E-state index is 0.0366. The monoisotopic (exact) mass is 420 g/mol. The summed E-state index contributed by atoms with van der Waals surface area (Å²) in [6, 6.07) is 17.0. The van der Waals surface area contributed by atoms with Crippen molar-refractivity contribution in [2.45, 2.75) is 24.8 Å². The number of hydrogen-bond acceptors (Lipinski definition) is 4. The Morgan fingerprint density at radius 2 is 1.83 bits per heavy atom. The van der Waals surface area contributed by atoms with Crippen LogP contribution in [0.15, 0.2) is 59.8 Å². The highest BCUT2D eigenvalue weighted by Crippen LogP contribution is 2.30. The number of halogens is 3. The van der Waals surface area contributed by atoms with Crippen LogP contribution in [0.1, 0.15) is 17.0 Å². The van der Waals surface area contributed by atoms with E-state index in [9.17, 15) is 18.0 Å². The molecule has 0 saturated carbocycles. The molecule has 1 amide bonds. The van der Waals surface area contributed by atoms with E-state index in [0.29, 0.717) is 6.54 Å². The lowest BCUT2D eigenvalue weighted by atomic mass is 10.1. The number of aryl methyl sites for hydroxylation is 1. The normalized spacial score (nSPS) is 11.5. The molecule has 0 saturated heterocycles. The Morgan fingerprint density at radius 1 is 1.10 bits per heavy atom. The first-order valence-corrected chi connectivity index (χ1v) is 9.74. The van der Waals surface area contributed by atoms with E-state index in [1.165, 1.54) is 7.05 Å². The fraction of sp³-hybridized carbons (Fsp3) is 0.250. The number of carbonyl (C=O) groups excluding carboxylic acids is 1. The average molecular weight is 420 g/mol. The van der Waals surface area contributed by atoms with Gasteiger partial charge in [-0.2, -0.15) is 13.2 Å². The SMILES string of the molecule is Cc1cccc(N(Cc2ccccc2)C(=O)CSc2nnc(C(F)(F)F)n2C)c1. The average Bonchev–Trinajstić information content (AvgIpc) is 3.06. The Hall–Kier alpha value is -2.81. The first-order valence-electron chi connectivity index (χ1n) is 8.76. The van der Waals surface area contributed by atoms with Gasteiger partial charge in [-0.1, -0.05) is 54.2 Å². The minimum atomic E-state index is -4.59. The molecule has 5 nitrogen and oxygen atoms in total. The van der Waals surface area contributed by atoms with E-state index in [1.807, 2.05) is 61.5 Å². The molecule has 0 aliphatic carbocycles. The fourth-order valence-corrected chi connectivity index (χ4v) is 3.56. The van der Waals surface area contributed by atoms with E-state index in [1.54, 1.807) is 4.90 Å². The number of alkyl halides is 3. The molecule has 29 heavy (non-hydrogen) atoms. The topological polar surface area (TPSA) is 51.0 Å². The molecular formula is C20H19F3N4OS. The zero-order chi connectivity index (χ0) is 21.0. The maximum absolute atomic E-state index is 13.0. The number of thioether (sulfide) groups is 1. The predicted octanol–water partition coefficient (Wildman–Crippen LogP) is 4.47. The number of aromatic nitrogens is 3. The van der Waals surface area contributed by atoms with Crippen molar-refractivity contribution in [1.82, 2.24) is 14.8 Å². The number of nitrogens with zero attached hydrogens (tertiary/aromatic N) is 4. The van der Waals surface area contributed by atoms with Gasteiger partial charge in [0.25, 0.3) is 0 Å². The van der Waals surface area contributed by atoms with Crippen LogP contribution in [0.2, 0.25) is 0 Å². The lowest BCUT2D eigenvalue weighted by molar-refractivity contribution is -0.147. The second-order valence-electron chi connectivity index (χ2n) is 6.46. The second kappa shape index (κ2) is 8.69. The summed E-state index contributed by atoms with van der Waals surface area (Å²) >= 11 is 0.928. The van der Waals surface area contributed by atoms with Crippen LogP contribution >= 0.6 is 11.8 Å². The van der Waals surface area contributed by atoms with Gasteiger partial charge in [0, 0.05) is 12.7 Å². The van der Waals surface area contributed by atoms with Gasteiger partial charge < -0.3 is 9.47 Å². The van der Waals surface area contributed by atoms with Gasteiger partial charge in [-0.05, 0) is 30.2 Å². The van der Waals surface area contributed by atoms with Crippen molar-refractivity contribution in [3.05, 3.63) is 71.5 Å². The number of rotatable bonds is 6. The van der Waals surface area contributed by atoms with Crippen LogP contribution in [0.3, 0.4) is 0 Å². The van der Waals surface area contributed by atoms with E-state index in [-0.39, 0.29) is 16.8 Å². The third kappa shape index (κ3) is 5.17. The smallest absolute Gasteiger partial charge is 0.307 e. The maximum atomic E-state index is 13.0. The quantitative estimate of drug-likeness (QED) is 0.552. The third-order valence-corrected chi connectivity index (χ3v) is 5.22. The molecule has 0 N–H and O–H groups in total. The summed E-state index contributed by atoms with van der Waals surface area (Å²) < 4.78 is 39.5. The highest BCUT2D eigenvalue weighted by Gasteiger charge is 2.37. The van der Waals surface area contributed by atoms with Crippen molar-refractivity contribution in [3.63, 3.8) is 0 Å². The first kappa shape index (κ1) is 20.9. The Kier molecular flexibility index (Phi) is 6.26. The zero-order valence-electron chi connectivity index (χ0n) is 15.8. The van der Waals surface area contributed by atoms with Crippen LogP contribution in [0.5, 0.6) is 0 Å². The van der Waals surface area contributed by atoms with Gasteiger partial charge in [0.15, 0.2) is 5.16 Å². The molecule has 0 unspecified atom stereocenters. The van der Waals surface area contributed by atoms with Crippen LogP contribution in [0.4, 0.5) is 18.9 Å². The van der Waals surface area contributed by atoms with Crippen molar-refractivity contribution in [3.8, 4) is 0 Å². The maximum Gasteiger partial charge on any atom is 0.451 e. The summed E-state index contributed by atoms with van der Waals surface area (Å²) in [4.78, 5) is 14.6. The summed E-state index contributed by atoms with van der Waals surface area (Å²) in [6.45, 7) is 2.29. The van der Waals surface area contributed by atoms with Crippen molar-refractivity contribution in [2.24, 2.45) is 7.05 Å². The Bertz CT molecular complexity index is 989. The largest absolute Gasteiger partial charge is 0.451 e. The van der Waals surface area contributed by atoms with Gasteiger partial charge in [0.1, 0.15) is 0 Å². The highest BCUT2D eigenvalue weighted by molar-refractivity contribution is 7.99. The molecule has 0 atom stereocenters. The molecule has 0 bridgehead atoms. The number of amides is 1. The van der Waals surface area contributed by atoms with Crippen LogP contribution in [0.25, 0.3) is 0 Å². The third-order valence-electron chi connectivity index (χ3n) is 4.21. The molecule has 2 aromatic carbocycles. The van der Waals surface area contributed by atoms with E-state index in [0.717, 1.165) is 33.1 Å². The van der Waals surface area contributed by atoms with Crippen LogP contribution in [-0.4, -0.2) is 26.4 Å². The molecular weight excluding hydrogens is 401 g/mol. The molecule has 3 aromatic rings. The van der Waals surface area contributed by atoms with E-state index in [2.05, 4.69) is 10.2 Å². The fourth-order valence-electron chi connectivity index (χ4n) is 2.78. The van der Waals surface area contributed by atoms with Gasteiger partial charge >= 0.3 is 6.18 Å². The molecule has 0 radical (unpaired) electrons. The number of anilines is 1. The predicted molar refractivity (Wildman–Crippen MR) is 106 cm³/mol. The van der Waals surface area contributed by atoms with E-state index >= 15 is 0 Å². The van der Waals surface area contributed by atoms with Crippen LogP contribution in [0, 0.1) is 6.92 Å². The molecule has 1 heterocycles. The van der Waals surface area contributed by atoms with Crippen molar-refractivity contribution >= 4 is 23.4 Å². The summed E-state index contributed by atoms with van der Waals surface area (Å²) in [6.07, 6.45) is -4.59. The lowest BCUT2D eigenvalue weighted by Crippen LogP contribution is -2.32. The van der Waals surface area contributed by atoms with Gasteiger partial charge in [0.2, 0.25) is 11.7 Å². The van der Waals surface area contributed by atoms with Crippen LogP contribution in [-0.2, 0) is 24.6 Å². The summed E-state index contributed by atoms with van der Waals surface area (Å²) in [5.41, 5.74) is 2.68. The zero-order valence-corrected chi connectivity index (χ0v) is 16.7. The summed E-state index contributed by atoms with van der Waals surface area (Å²) in [5.74, 6) is -1.39. The molecule has 1 aromatic heterocycles. The molecule has 3 rings (SSSR count). The molecule has 0 spiro atoms. The Balaban J connectivity index is 1.79. The van der Waals surface area contributed by atoms with Gasteiger partial charge in [-0.15, -0.1) is 10.2 Å². The summed E-state index contributed by atoms with van der Waals surface area (Å²) in [7, 11) is 1.23. The minimum Gasteiger partial charge on any atom is -0.307 e. The molecule has 0 fully saturated rings. The first-order chi connectivity index (χ1) is 13.8. The number of carbonyl (C=O) groups is 1. The molecule has 0 aliphatic rings. The second-order valence-corrected chi connectivity index (χ2v) is 7.40. The number of benzene rings is 2. The van der Waals surface area contributed by atoms with Crippen molar-refractivity contribution < 1.29 is 18.0 Å². The molecule has 0 aliphatic heterocycles. The van der Waals surface area contributed by atoms with Crippen molar-refractivity contribution in [1.29, 1.82) is 0 Å². The summed E-state index contributed by atoms with van der Waals surface area (Å²) in [5, 5.41) is 6.80. The van der Waals surface area contributed by atoms with Gasteiger partial charge in [-0.3, -0.25) is 4.79 Å². The standard InChI is InChI=1S/C20H19F3N4OS/c1-14-7-6-10-16(11-14)27(12-15-8-4-3-5-9-15)17(28)13-29-19-25-24-18(26(19)2)20(21,22)23/h3-11H,12-13H2,1-2H3. The van der Waals surface area contributed by atoms with Gasteiger partial charge in [0.05, 0.1) is 12.3 Å². The molecule has 9 heteroatoms.